The molecule has 4 heteroatoms. The zero-order chi connectivity index (χ0) is 16.5. The lowest BCUT2D eigenvalue weighted by Gasteiger charge is -2.30. The number of carbonyl (C=O) groups is 1. The monoisotopic (exact) mass is 313 g/mol. The van der Waals surface area contributed by atoms with E-state index in [-0.39, 0.29) is 6.42 Å². The summed E-state index contributed by atoms with van der Waals surface area (Å²) in [7, 11) is 0. The molecule has 4 nitrogen and oxygen atoms in total. The standard InChI is InChI=1S/C19H23NO3/c21-18(22)12-7-14-19(23,17-10-5-2-6-11-17)20-15-13-16-8-3-1-4-9-16/h1-6,8-11,20,23H,7,12-15H2,(H,21,22). The van der Waals surface area contributed by atoms with Gasteiger partial charge in [0.25, 0.3) is 0 Å². The van der Waals surface area contributed by atoms with Gasteiger partial charge in [-0.05, 0) is 30.4 Å². The fourth-order valence-electron chi connectivity index (χ4n) is 2.60. The number of aliphatic carboxylic acids is 1. The maximum atomic E-state index is 11.0. The first-order chi connectivity index (χ1) is 11.1. The second-order valence-electron chi connectivity index (χ2n) is 5.64. The van der Waals surface area contributed by atoms with E-state index in [1.807, 2.05) is 60.7 Å². The molecule has 0 aromatic heterocycles. The molecule has 2 rings (SSSR count). The van der Waals surface area contributed by atoms with Crippen molar-refractivity contribution in [2.24, 2.45) is 0 Å². The zero-order valence-corrected chi connectivity index (χ0v) is 13.1. The summed E-state index contributed by atoms with van der Waals surface area (Å²) in [4.78, 5) is 10.7. The third-order valence-corrected chi connectivity index (χ3v) is 3.85. The Morgan fingerprint density at radius 3 is 2.22 bits per heavy atom. The smallest absolute Gasteiger partial charge is 0.303 e. The van der Waals surface area contributed by atoms with E-state index in [9.17, 15) is 9.90 Å². The Kier molecular flexibility index (Phi) is 6.32. The summed E-state index contributed by atoms with van der Waals surface area (Å²) in [5, 5.41) is 23.0. The predicted molar refractivity (Wildman–Crippen MR) is 90.0 cm³/mol. The topological polar surface area (TPSA) is 69.6 Å². The maximum absolute atomic E-state index is 11.0. The summed E-state index contributed by atoms with van der Waals surface area (Å²) in [6, 6.07) is 19.4. The lowest BCUT2D eigenvalue weighted by Crippen LogP contribution is -2.43. The summed E-state index contributed by atoms with van der Waals surface area (Å²) in [5.41, 5.74) is 0.755. The third kappa shape index (κ3) is 5.51. The predicted octanol–water partition coefficient (Wildman–Crippen LogP) is 2.92. The Morgan fingerprint density at radius 2 is 1.61 bits per heavy atom. The highest BCUT2D eigenvalue weighted by atomic mass is 16.4. The number of carboxylic acid groups (broad SMARTS) is 1. The van der Waals surface area contributed by atoms with Crippen molar-refractivity contribution in [3.63, 3.8) is 0 Å². The second kappa shape index (κ2) is 8.46. The van der Waals surface area contributed by atoms with Crippen LogP contribution in [0.5, 0.6) is 0 Å². The highest BCUT2D eigenvalue weighted by molar-refractivity contribution is 5.66. The van der Waals surface area contributed by atoms with Crippen LogP contribution < -0.4 is 5.32 Å². The van der Waals surface area contributed by atoms with Gasteiger partial charge in [-0.25, -0.2) is 0 Å². The molecule has 0 amide bonds. The van der Waals surface area contributed by atoms with E-state index in [1.165, 1.54) is 5.56 Å². The van der Waals surface area contributed by atoms with Crippen LogP contribution in [0.2, 0.25) is 0 Å². The molecule has 0 saturated carbocycles. The molecule has 0 fully saturated rings. The van der Waals surface area contributed by atoms with Gasteiger partial charge in [0.1, 0.15) is 5.72 Å². The Bertz CT molecular complexity index is 601. The molecule has 0 spiro atoms. The second-order valence-corrected chi connectivity index (χ2v) is 5.64. The van der Waals surface area contributed by atoms with Crippen LogP contribution in [-0.4, -0.2) is 22.7 Å². The maximum Gasteiger partial charge on any atom is 0.303 e. The van der Waals surface area contributed by atoms with Crippen molar-refractivity contribution in [2.75, 3.05) is 6.54 Å². The van der Waals surface area contributed by atoms with Gasteiger partial charge in [0.15, 0.2) is 0 Å². The van der Waals surface area contributed by atoms with Gasteiger partial charge in [-0.2, -0.15) is 0 Å². The SMILES string of the molecule is O=C(O)CCCC(O)(NCCc1ccccc1)c1ccccc1. The van der Waals surface area contributed by atoms with Gasteiger partial charge < -0.3 is 10.2 Å². The lowest BCUT2D eigenvalue weighted by molar-refractivity contribution is -0.137. The number of nitrogens with one attached hydrogen (secondary N) is 1. The molecule has 1 atom stereocenters. The molecule has 0 radical (unpaired) electrons. The number of hydrogen-bond acceptors (Lipinski definition) is 3. The number of rotatable bonds is 9. The van der Waals surface area contributed by atoms with E-state index in [2.05, 4.69) is 5.32 Å². The first-order valence-electron chi connectivity index (χ1n) is 7.89. The van der Waals surface area contributed by atoms with Crippen molar-refractivity contribution in [2.45, 2.75) is 31.4 Å². The fraction of sp³-hybridized carbons (Fsp3) is 0.316. The van der Waals surface area contributed by atoms with Crippen LogP contribution in [-0.2, 0) is 16.9 Å². The van der Waals surface area contributed by atoms with Crippen LogP contribution in [0.3, 0.4) is 0 Å². The number of aliphatic hydroxyl groups is 1. The molecule has 2 aromatic carbocycles. The van der Waals surface area contributed by atoms with Gasteiger partial charge in [-0.1, -0.05) is 60.7 Å². The molecule has 2 aromatic rings. The number of benzene rings is 2. The number of carboxylic acids is 1. The van der Waals surface area contributed by atoms with Gasteiger partial charge in [-0.3, -0.25) is 10.1 Å². The largest absolute Gasteiger partial charge is 0.481 e. The first-order valence-corrected chi connectivity index (χ1v) is 7.89. The van der Waals surface area contributed by atoms with Crippen LogP contribution in [0, 0.1) is 0 Å². The van der Waals surface area contributed by atoms with E-state index in [4.69, 9.17) is 5.11 Å². The van der Waals surface area contributed by atoms with Crippen LogP contribution in [0.15, 0.2) is 60.7 Å². The summed E-state index contributed by atoms with van der Waals surface area (Å²) < 4.78 is 0. The molecule has 3 N–H and O–H groups in total. The summed E-state index contributed by atoms with van der Waals surface area (Å²) in [6.45, 7) is 0.614. The molecule has 0 aliphatic heterocycles. The van der Waals surface area contributed by atoms with Gasteiger partial charge in [0.05, 0.1) is 0 Å². The third-order valence-electron chi connectivity index (χ3n) is 3.85. The van der Waals surface area contributed by atoms with Crippen molar-refractivity contribution in [1.29, 1.82) is 0 Å². The van der Waals surface area contributed by atoms with Crippen molar-refractivity contribution in [3.05, 3.63) is 71.8 Å². The fourth-order valence-corrected chi connectivity index (χ4v) is 2.60. The first kappa shape index (κ1) is 17.2. The van der Waals surface area contributed by atoms with Crippen LogP contribution in [0.25, 0.3) is 0 Å². The Balaban J connectivity index is 1.99. The van der Waals surface area contributed by atoms with E-state index in [1.54, 1.807) is 0 Å². The Labute approximate surface area is 136 Å². The average Bonchev–Trinajstić information content (AvgIpc) is 2.56. The molecule has 1 unspecified atom stereocenters. The molecular formula is C19H23NO3. The van der Waals surface area contributed by atoms with Crippen LogP contribution in [0.4, 0.5) is 0 Å². The van der Waals surface area contributed by atoms with Crippen molar-refractivity contribution in [1.82, 2.24) is 5.32 Å². The Morgan fingerprint density at radius 1 is 1.00 bits per heavy atom. The highest BCUT2D eigenvalue weighted by Gasteiger charge is 2.28. The van der Waals surface area contributed by atoms with Crippen molar-refractivity contribution in [3.8, 4) is 0 Å². The van der Waals surface area contributed by atoms with Crippen molar-refractivity contribution < 1.29 is 15.0 Å². The minimum Gasteiger partial charge on any atom is -0.481 e. The Hall–Kier alpha value is -2.17. The van der Waals surface area contributed by atoms with Gasteiger partial charge >= 0.3 is 5.97 Å². The molecule has 0 bridgehead atoms. The molecule has 122 valence electrons. The van der Waals surface area contributed by atoms with Crippen molar-refractivity contribution >= 4 is 5.97 Å². The summed E-state index contributed by atoms with van der Waals surface area (Å²) >= 11 is 0. The quantitative estimate of drug-likeness (QED) is 0.623. The summed E-state index contributed by atoms with van der Waals surface area (Å²) in [6.07, 6.45) is 1.63. The van der Waals surface area contributed by atoms with Gasteiger partial charge in [0.2, 0.25) is 0 Å². The molecule has 0 saturated heterocycles. The van der Waals surface area contributed by atoms with E-state index >= 15 is 0 Å². The van der Waals surface area contributed by atoms with Gasteiger partial charge in [0, 0.05) is 13.0 Å². The summed E-state index contributed by atoms with van der Waals surface area (Å²) in [5.74, 6) is -0.843. The lowest BCUT2D eigenvalue weighted by atomic mass is 9.96. The molecule has 0 aliphatic carbocycles. The van der Waals surface area contributed by atoms with E-state index in [0.717, 1.165) is 12.0 Å². The molecule has 0 aliphatic rings. The zero-order valence-electron chi connectivity index (χ0n) is 13.1. The molecule has 0 heterocycles. The van der Waals surface area contributed by atoms with Crippen LogP contribution >= 0.6 is 0 Å². The molecule has 23 heavy (non-hydrogen) atoms. The normalized spacial score (nSPS) is 13.4. The van der Waals surface area contributed by atoms with E-state index in [0.29, 0.717) is 19.4 Å². The highest BCUT2D eigenvalue weighted by Crippen LogP contribution is 2.24. The minimum absolute atomic E-state index is 0.0511. The van der Waals surface area contributed by atoms with Gasteiger partial charge in [-0.15, -0.1) is 0 Å². The van der Waals surface area contributed by atoms with Crippen LogP contribution in [0.1, 0.15) is 30.4 Å². The van der Waals surface area contributed by atoms with E-state index < -0.39 is 11.7 Å². The average molecular weight is 313 g/mol. The molecular weight excluding hydrogens is 290 g/mol. The minimum atomic E-state index is -1.20. The number of hydrogen-bond donors (Lipinski definition) is 3.